The van der Waals surface area contributed by atoms with Crippen LogP contribution in [0.4, 0.5) is 13.2 Å². The Kier molecular flexibility index (Phi) is 4.52. The minimum atomic E-state index is -2.56. The fourth-order valence-corrected chi connectivity index (χ4v) is 9.48. The predicted molar refractivity (Wildman–Crippen MR) is 83.9 cm³/mol. The average Bonchev–Trinajstić information content (AvgIpc) is 2.53. The molecule has 0 saturated carbocycles. The zero-order valence-electron chi connectivity index (χ0n) is 11.6. The molecule has 3 aromatic carbocycles. The van der Waals surface area contributed by atoms with Gasteiger partial charge in [-0.2, -0.15) is 0 Å². The summed E-state index contributed by atoms with van der Waals surface area (Å²) in [4.78, 5) is 0. The molecule has 0 heterocycles. The van der Waals surface area contributed by atoms with Crippen LogP contribution in [0.3, 0.4) is 0 Å². The Morgan fingerprint density at radius 2 is 0.636 bits per heavy atom. The molecule has 0 nitrogen and oxygen atoms in total. The van der Waals surface area contributed by atoms with E-state index in [1.165, 1.54) is 36.4 Å². The quantitative estimate of drug-likeness (QED) is 0.590. The van der Waals surface area contributed by atoms with E-state index in [9.17, 15) is 13.2 Å². The van der Waals surface area contributed by atoms with Gasteiger partial charge >= 0.3 is 134 Å². The zero-order chi connectivity index (χ0) is 15.5. The monoisotopic (exact) mass is 405 g/mol. The Morgan fingerprint density at radius 3 is 0.864 bits per heavy atom. The molecule has 0 aromatic heterocycles. The second kappa shape index (κ2) is 6.56. The molecule has 0 aliphatic carbocycles. The second-order valence-corrected chi connectivity index (χ2v) is 12.0. The van der Waals surface area contributed by atoms with E-state index in [0.717, 1.165) is 10.7 Å². The first kappa shape index (κ1) is 15.2. The van der Waals surface area contributed by atoms with Gasteiger partial charge in [0.15, 0.2) is 0 Å². The van der Waals surface area contributed by atoms with Gasteiger partial charge in [-0.3, -0.25) is 0 Å². The van der Waals surface area contributed by atoms with Crippen molar-refractivity contribution in [3.05, 3.63) is 90.2 Å². The van der Waals surface area contributed by atoms with Crippen molar-refractivity contribution in [2.24, 2.45) is 0 Å². The number of halogens is 3. The molecule has 0 N–H and O–H groups in total. The van der Waals surface area contributed by atoms with E-state index in [0.29, 0.717) is 0 Å². The molecule has 0 aliphatic rings. The van der Waals surface area contributed by atoms with E-state index >= 15 is 0 Å². The van der Waals surface area contributed by atoms with Crippen molar-refractivity contribution in [1.29, 1.82) is 0 Å². The van der Waals surface area contributed by atoms with Crippen molar-refractivity contribution in [3.8, 4) is 0 Å². The van der Waals surface area contributed by atoms with Crippen molar-refractivity contribution in [2.75, 3.05) is 0 Å². The molecular weight excluding hydrogens is 392 g/mol. The third kappa shape index (κ3) is 3.35. The molecule has 0 aliphatic heterocycles. The van der Waals surface area contributed by atoms with Crippen LogP contribution in [0.1, 0.15) is 0 Å². The van der Waals surface area contributed by atoms with E-state index in [2.05, 4.69) is 0 Å². The molecule has 0 amide bonds. The van der Waals surface area contributed by atoms with Crippen molar-refractivity contribution in [3.63, 3.8) is 0 Å². The minimum absolute atomic E-state index is 0.287. The Bertz CT molecular complexity index is 642. The first-order valence-electron chi connectivity index (χ1n) is 6.78. The van der Waals surface area contributed by atoms with Crippen LogP contribution in [0.5, 0.6) is 0 Å². The standard InChI is InChI=1S/3C6H4F.Sn/c3*7-6-4-2-1-3-5-6;/h3*2-5H;/q;;;+1. The summed E-state index contributed by atoms with van der Waals surface area (Å²) in [7, 11) is 0. The molecule has 4 heteroatoms. The summed E-state index contributed by atoms with van der Waals surface area (Å²) in [5.74, 6) is -0.862. The Labute approximate surface area is 134 Å². The van der Waals surface area contributed by atoms with E-state index in [1.54, 1.807) is 36.4 Å². The van der Waals surface area contributed by atoms with E-state index in [4.69, 9.17) is 0 Å². The summed E-state index contributed by atoms with van der Waals surface area (Å²) < 4.78 is 42.7. The van der Waals surface area contributed by atoms with E-state index < -0.39 is 19.8 Å². The van der Waals surface area contributed by atoms with Gasteiger partial charge in [-0.15, -0.1) is 0 Å². The van der Waals surface area contributed by atoms with Crippen molar-refractivity contribution in [1.82, 2.24) is 0 Å². The van der Waals surface area contributed by atoms with Gasteiger partial charge in [0.25, 0.3) is 0 Å². The summed E-state index contributed by atoms with van der Waals surface area (Å²) >= 11 is -2.56. The van der Waals surface area contributed by atoms with Crippen LogP contribution >= 0.6 is 0 Å². The maximum atomic E-state index is 13.2. The molecule has 0 bridgehead atoms. The molecule has 0 atom stereocenters. The van der Waals surface area contributed by atoms with Gasteiger partial charge in [0, 0.05) is 0 Å². The SMILES string of the molecule is Fc1cc[c]([Sn+]([c]2ccc(F)cc2)[c]2ccc(F)cc2)cc1. The van der Waals surface area contributed by atoms with Gasteiger partial charge in [-0.1, -0.05) is 0 Å². The topological polar surface area (TPSA) is 0 Å². The summed E-state index contributed by atoms with van der Waals surface area (Å²) in [5, 5.41) is 0. The van der Waals surface area contributed by atoms with Crippen LogP contribution in [0, 0.1) is 17.5 Å². The van der Waals surface area contributed by atoms with Crippen molar-refractivity contribution < 1.29 is 13.2 Å². The normalized spacial score (nSPS) is 10.5. The van der Waals surface area contributed by atoms with Gasteiger partial charge in [-0.05, 0) is 0 Å². The molecule has 0 radical (unpaired) electrons. The number of hydrogen-bond donors (Lipinski definition) is 0. The summed E-state index contributed by atoms with van der Waals surface area (Å²) in [6.07, 6.45) is 0. The number of hydrogen-bond acceptors (Lipinski definition) is 0. The Hall–Kier alpha value is -1.75. The molecule has 22 heavy (non-hydrogen) atoms. The Morgan fingerprint density at radius 1 is 0.409 bits per heavy atom. The maximum absolute atomic E-state index is 13.2. The van der Waals surface area contributed by atoms with Crippen molar-refractivity contribution in [2.45, 2.75) is 0 Å². The zero-order valence-corrected chi connectivity index (χ0v) is 14.4. The fourth-order valence-electron chi connectivity index (χ4n) is 2.35. The van der Waals surface area contributed by atoms with Crippen LogP contribution < -0.4 is 10.7 Å². The van der Waals surface area contributed by atoms with Crippen LogP contribution in [0.2, 0.25) is 0 Å². The molecule has 0 fully saturated rings. The van der Waals surface area contributed by atoms with Crippen LogP contribution in [0.15, 0.2) is 72.8 Å². The van der Waals surface area contributed by atoms with Crippen LogP contribution in [-0.4, -0.2) is 19.8 Å². The van der Waals surface area contributed by atoms with Gasteiger partial charge < -0.3 is 0 Å². The number of benzene rings is 3. The molecular formula is C18H12F3Sn+. The average molecular weight is 404 g/mol. The predicted octanol–water partition coefficient (Wildman–Crippen LogP) is 2.62. The first-order valence-corrected chi connectivity index (χ1v) is 11.1. The summed E-state index contributed by atoms with van der Waals surface area (Å²) in [6, 6.07) is 19.2. The molecule has 0 spiro atoms. The third-order valence-electron chi connectivity index (χ3n) is 3.40. The fraction of sp³-hybridized carbons (Fsp3) is 0. The Balaban J connectivity index is 2.10. The van der Waals surface area contributed by atoms with E-state index in [1.807, 2.05) is 0 Å². The van der Waals surface area contributed by atoms with Gasteiger partial charge in [0.05, 0.1) is 0 Å². The van der Waals surface area contributed by atoms with E-state index in [-0.39, 0.29) is 17.5 Å². The molecule has 0 unspecified atom stereocenters. The van der Waals surface area contributed by atoms with Gasteiger partial charge in [0.2, 0.25) is 0 Å². The van der Waals surface area contributed by atoms with Crippen LogP contribution in [0.25, 0.3) is 0 Å². The molecule has 3 rings (SSSR count). The molecule has 3 aromatic rings. The third-order valence-corrected chi connectivity index (χ3v) is 11.2. The van der Waals surface area contributed by atoms with Crippen LogP contribution in [-0.2, 0) is 0 Å². The molecule has 108 valence electrons. The molecule has 0 saturated heterocycles. The number of rotatable bonds is 3. The summed E-state index contributed by atoms with van der Waals surface area (Å²) in [5.41, 5.74) is 0. The van der Waals surface area contributed by atoms with Crippen molar-refractivity contribution >= 4 is 30.5 Å². The first-order chi connectivity index (χ1) is 10.6. The van der Waals surface area contributed by atoms with Gasteiger partial charge in [0.1, 0.15) is 0 Å². The second-order valence-electron chi connectivity index (χ2n) is 4.90. The summed E-state index contributed by atoms with van der Waals surface area (Å²) in [6.45, 7) is 0. The van der Waals surface area contributed by atoms with Gasteiger partial charge in [-0.25, -0.2) is 0 Å².